The number of carbonyl (C=O) groups is 3. The Bertz CT molecular complexity index is 867. The molecule has 10 heteroatoms. The van der Waals surface area contributed by atoms with Gasteiger partial charge in [-0.1, -0.05) is 12.1 Å². The Kier molecular flexibility index (Phi) is 6.21. The third-order valence-electron chi connectivity index (χ3n) is 4.45. The number of nitrogens with zero attached hydrogens (tertiary/aromatic N) is 1. The third kappa shape index (κ3) is 5.00. The number of methoxy groups -OCH3 is 1. The second-order valence-corrected chi connectivity index (χ2v) is 9.75. The molecule has 1 aromatic rings. The van der Waals surface area contributed by atoms with Crippen LogP contribution in [0.2, 0.25) is 0 Å². The predicted molar refractivity (Wildman–Crippen MR) is 105 cm³/mol. The first-order valence-electron chi connectivity index (χ1n) is 8.66. The van der Waals surface area contributed by atoms with Crippen molar-refractivity contribution >= 4 is 45.1 Å². The quantitative estimate of drug-likeness (QED) is 0.545. The van der Waals surface area contributed by atoms with Crippen molar-refractivity contribution < 1.29 is 27.9 Å². The Morgan fingerprint density at radius 2 is 2.11 bits per heavy atom. The van der Waals surface area contributed by atoms with Crippen molar-refractivity contribution in [3.8, 4) is 5.75 Å². The number of hydrogen-bond donors (Lipinski definition) is 1. The first-order chi connectivity index (χ1) is 13.3. The maximum absolute atomic E-state index is 12.5. The molecule has 2 atom stereocenters. The van der Waals surface area contributed by atoms with E-state index in [0.717, 1.165) is 22.2 Å². The minimum atomic E-state index is -3.08. The van der Waals surface area contributed by atoms with Crippen molar-refractivity contribution in [3.63, 3.8) is 0 Å². The van der Waals surface area contributed by atoms with E-state index in [1.165, 1.54) is 0 Å². The monoisotopic (exact) mass is 424 g/mol. The normalized spacial score (nSPS) is 26.1. The van der Waals surface area contributed by atoms with Gasteiger partial charge in [0.05, 0.1) is 18.1 Å². The summed E-state index contributed by atoms with van der Waals surface area (Å²) in [4.78, 5) is 37.9. The highest BCUT2D eigenvalue weighted by molar-refractivity contribution is 8.18. The van der Waals surface area contributed by atoms with Crippen LogP contribution in [0.15, 0.2) is 29.2 Å². The molecule has 2 saturated heterocycles. The van der Waals surface area contributed by atoms with Gasteiger partial charge in [0.25, 0.3) is 11.1 Å². The molecule has 0 bridgehead atoms. The SMILES string of the molecule is COc1ccc(/C=C2/SC(=O)N(CCC(=O)NC3CC[S+](=O)([O-])C3)C2=O)cc1. The highest BCUT2D eigenvalue weighted by atomic mass is 32.3. The molecule has 1 aromatic carbocycles. The lowest BCUT2D eigenvalue weighted by Gasteiger charge is -2.14. The van der Waals surface area contributed by atoms with E-state index in [1.807, 2.05) is 0 Å². The van der Waals surface area contributed by atoms with Crippen LogP contribution in [0.5, 0.6) is 5.75 Å². The van der Waals surface area contributed by atoms with Crippen LogP contribution in [0.3, 0.4) is 0 Å². The molecule has 2 aliphatic heterocycles. The predicted octanol–water partition coefficient (Wildman–Crippen LogP) is 1.64. The van der Waals surface area contributed by atoms with E-state index in [1.54, 1.807) is 37.5 Å². The molecule has 3 amide bonds. The van der Waals surface area contributed by atoms with E-state index in [-0.39, 0.29) is 35.3 Å². The fraction of sp³-hybridized carbons (Fsp3) is 0.389. The molecule has 2 fully saturated rings. The van der Waals surface area contributed by atoms with Crippen molar-refractivity contribution in [2.24, 2.45) is 0 Å². The second-order valence-electron chi connectivity index (χ2n) is 6.52. The number of rotatable bonds is 6. The summed E-state index contributed by atoms with van der Waals surface area (Å²) < 4.78 is 27.9. The fourth-order valence-electron chi connectivity index (χ4n) is 2.97. The largest absolute Gasteiger partial charge is 0.615 e. The second kappa shape index (κ2) is 8.46. The molecule has 2 aliphatic rings. The number of carbonyl (C=O) groups excluding carboxylic acids is 3. The molecule has 0 radical (unpaired) electrons. The highest BCUT2D eigenvalue weighted by Crippen LogP contribution is 2.32. The van der Waals surface area contributed by atoms with Gasteiger partial charge in [-0.2, -0.15) is 0 Å². The van der Waals surface area contributed by atoms with Crippen LogP contribution < -0.4 is 10.1 Å². The van der Waals surface area contributed by atoms with Gasteiger partial charge in [0.15, 0.2) is 0 Å². The zero-order chi connectivity index (χ0) is 20.3. The number of nitrogens with one attached hydrogen (secondary N) is 1. The van der Waals surface area contributed by atoms with Crippen molar-refractivity contribution in [2.45, 2.75) is 18.9 Å². The maximum Gasteiger partial charge on any atom is 0.293 e. The van der Waals surface area contributed by atoms with E-state index >= 15 is 0 Å². The Labute approximate surface area is 167 Å². The van der Waals surface area contributed by atoms with Crippen LogP contribution in [0.4, 0.5) is 4.79 Å². The summed E-state index contributed by atoms with van der Waals surface area (Å²) in [7, 11) is -1.53. The van der Waals surface area contributed by atoms with Gasteiger partial charge < -0.3 is 14.6 Å². The summed E-state index contributed by atoms with van der Waals surface area (Å²) >= 11 is 0.827. The van der Waals surface area contributed by atoms with E-state index in [0.29, 0.717) is 12.2 Å². The molecule has 150 valence electrons. The molecule has 0 saturated carbocycles. The summed E-state index contributed by atoms with van der Waals surface area (Å²) in [6.07, 6.45) is 1.94. The zero-order valence-corrected chi connectivity index (χ0v) is 16.8. The van der Waals surface area contributed by atoms with Crippen LogP contribution in [0.25, 0.3) is 6.08 Å². The first-order valence-corrected chi connectivity index (χ1v) is 11.3. The molecule has 3 rings (SSSR count). The van der Waals surface area contributed by atoms with Crippen LogP contribution >= 0.6 is 11.8 Å². The maximum atomic E-state index is 12.5. The van der Waals surface area contributed by atoms with E-state index in [9.17, 15) is 23.1 Å². The Morgan fingerprint density at radius 1 is 1.39 bits per heavy atom. The number of ether oxygens (including phenoxy) is 1. The van der Waals surface area contributed by atoms with Crippen molar-refractivity contribution in [1.82, 2.24) is 10.2 Å². The Hall–Kier alpha value is -2.17. The van der Waals surface area contributed by atoms with Crippen molar-refractivity contribution in [2.75, 3.05) is 25.2 Å². The van der Waals surface area contributed by atoms with Gasteiger partial charge >= 0.3 is 0 Å². The van der Waals surface area contributed by atoms with Crippen molar-refractivity contribution in [3.05, 3.63) is 34.7 Å². The molecule has 0 aromatic heterocycles. The van der Waals surface area contributed by atoms with Gasteiger partial charge in [-0.25, -0.2) is 0 Å². The Morgan fingerprint density at radius 3 is 2.71 bits per heavy atom. The molecule has 0 aliphatic carbocycles. The van der Waals surface area contributed by atoms with Gasteiger partial charge in [0.2, 0.25) is 5.91 Å². The molecule has 2 unspecified atom stereocenters. The number of imide groups is 1. The highest BCUT2D eigenvalue weighted by Gasteiger charge is 2.36. The molecule has 28 heavy (non-hydrogen) atoms. The number of hydrogen-bond acceptors (Lipinski definition) is 7. The topological polar surface area (TPSA) is 116 Å². The summed E-state index contributed by atoms with van der Waals surface area (Å²) in [5.41, 5.74) is 0.756. The molecule has 0 spiro atoms. The number of sulfone groups is 1. The standard InChI is InChI=1S/C18H20N2O6S2/c1-26-14-4-2-12(3-5-14)10-15-17(22)20(18(23)27-15)8-6-16(21)19-13-7-9-28(24,25)11-13/h2-5,10,13H,6-9,11H2,1H3,(H-,19,21,24,25)/b15-10+. The summed E-state index contributed by atoms with van der Waals surface area (Å²) in [6.45, 7) is -0.0457. The summed E-state index contributed by atoms with van der Waals surface area (Å²) in [5, 5.41) is 2.22. The Balaban J connectivity index is 1.55. The first kappa shape index (κ1) is 20.6. The molecule has 2 heterocycles. The third-order valence-corrected chi connectivity index (χ3v) is 7.12. The van der Waals surface area contributed by atoms with Crippen molar-refractivity contribution in [1.29, 1.82) is 0 Å². The number of amides is 3. The van der Waals surface area contributed by atoms with Gasteiger partial charge in [-0.3, -0.25) is 19.3 Å². The van der Waals surface area contributed by atoms with Crippen LogP contribution in [0, 0.1) is 0 Å². The number of benzene rings is 1. The van der Waals surface area contributed by atoms with Gasteiger partial charge in [0, 0.05) is 29.6 Å². The lowest BCUT2D eigenvalue weighted by Crippen LogP contribution is -2.39. The molecular weight excluding hydrogens is 404 g/mol. The smallest absolute Gasteiger partial charge is 0.293 e. The summed E-state index contributed by atoms with van der Waals surface area (Å²) in [5.74, 6) is -0.129. The fourth-order valence-corrected chi connectivity index (χ4v) is 5.50. The zero-order valence-electron chi connectivity index (χ0n) is 15.2. The summed E-state index contributed by atoms with van der Waals surface area (Å²) in [6, 6.07) is 6.65. The van der Waals surface area contributed by atoms with E-state index in [4.69, 9.17) is 4.74 Å². The van der Waals surface area contributed by atoms with Gasteiger partial charge in [-0.15, -0.1) is 4.21 Å². The minimum absolute atomic E-state index is 0.0457. The lowest BCUT2D eigenvalue weighted by molar-refractivity contribution is -0.124. The molecule has 1 N–H and O–H groups in total. The van der Waals surface area contributed by atoms with Crippen LogP contribution in [-0.2, 0) is 24.0 Å². The van der Waals surface area contributed by atoms with Gasteiger partial charge in [0.1, 0.15) is 17.3 Å². The minimum Gasteiger partial charge on any atom is -0.615 e. The lowest BCUT2D eigenvalue weighted by atomic mass is 10.2. The average Bonchev–Trinajstić information content (AvgIpc) is 3.12. The molecular formula is C18H20N2O6S2. The molecule has 8 nitrogen and oxygen atoms in total. The van der Waals surface area contributed by atoms with Crippen LogP contribution in [0.1, 0.15) is 18.4 Å². The van der Waals surface area contributed by atoms with Crippen LogP contribution in [-0.4, -0.2) is 57.7 Å². The average molecular weight is 425 g/mol. The number of thioether (sulfide) groups is 1. The van der Waals surface area contributed by atoms with E-state index in [2.05, 4.69) is 5.32 Å². The van der Waals surface area contributed by atoms with Gasteiger partial charge in [-0.05, 0) is 35.5 Å². The van der Waals surface area contributed by atoms with E-state index < -0.39 is 27.4 Å².